The fraction of sp³-hybridized carbons (Fsp3) is 0.455. The van der Waals surface area contributed by atoms with E-state index < -0.39 is 0 Å². The minimum Gasteiger partial charge on any atom is -0.508 e. The molecule has 2 heteroatoms. The predicted molar refractivity (Wildman–Crippen MR) is 54.5 cm³/mol. The molecule has 1 aromatic carbocycles. The van der Waals surface area contributed by atoms with Gasteiger partial charge < -0.3 is 10.8 Å². The first kappa shape index (κ1) is 10.1. The predicted octanol–water partition coefficient (Wildman–Crippen LogP) is 2.44. The van der Waals surface area contributed by atoms with E-state index in [1.54, 1.807) is 12.1 Å². The quantitative estimate of drug-likeness (QED) is 0.748. The zero-order valence-electron chi connectivity index (χ0n) is 8.20. The highest BCUT2D eigenvalue weighted by Gasteiger charge is 2.07. The lowest BCUT2D eigenvalue weighted by Gasteiger charge is -2.14. The lowest BCUT2D eigenvalue weighted by atomic mass is 9.98. The highest BCUT2D eigenvalue weighted by molar-refractivity contribution is 5.27. The van der Waals surface area contributed by atoms with Gasteiger partial charge in [-0.3, -0.25) is 0 Å². The second-order valence-corrected chi connectivity index (χ2v) is 3.83. The van der Waals surface area contributed by atoms with Crippen molar-refractivity contribution < 1.29 is 5.11 Å². The van der Waals surface area contributed by atoms with Crippen molar-refractivity contribution in [2.45, 2.75) is 26.3 Å². The number of phenols is 1. The molecule has 1 rings (SSSR count). The molecule has 2 nitrogen and oxygen atoms in total. The molecule has 0 aliphatic heterocycles. The monoisotopic (exact) mass is 179 g/mol. The van der Waals surface area contributed by atoms with Crippen molar-refractivity contribution in [3.8, 4) is 5.75 Å². The summed E-state index contributed by atoms with van der Waals surface area (Å²) in [6.07, 6.45) is 0.977. The van der Waals surface area contributed by atoms with E-state index in [2.05, 4.69) is 13.8 Å². The molecule has 0 aliphatic rings. The average Bonchev–Trinajstić information content (AvgIpc) is 2.04. The molecule has 0 aromatic heterocycles. The van der Waals surface area contributed by atoms with Gasteiger partial charge in [0.1, 0.15) is 5.75 Å². The summed E-state index contributed by atoms with van der Waals surface area (Å²) in [5.74, 6) is 0.893. The first-order chi connectivity index (χ1) is 6.09. The van der Waals surface area contributed by atoms with Gasteiger partial charge in [0.05, 0.1) is 0 Å². The Balaban J connectivity index is 2.66. The van der Waals surface area contributed by atoms with Crippen molar-refractivity contribution in [1.82, 2.24) is 0 Å². The largest absolute Gasteiger partial charge is 0.508 e. The van der Waals surface area contributed by atoms with Crippen LogP contribution in [0.3, 0.4) is 0 Å². The molecule has 0 unspecified atom stereocenters. The Morgan fingerprint density at radius 1 is 1.23 bits per heavy atom. The minimum atomic E-state index is 0.0839. The molecule has 0 fully saturated rings. The third-order valence-corrected chi connectivity index (χ3v) is 2.05. The van der Waals surface area contributed by atoms with Crippen LogP contribution in [0, 0.1) is 5.92 Å². The van der Waals surface area contributed by atoms with Gasteiger partial charge in [0.25, 0.3) is 0 Å². The first-order valence-electron chi connectivity index (χ1n) is 4.64. The van der Waals surface area contributed by atoms with Crippen LogP contribution >= 0.6 is 0 Å². The van der Waals surface area contributed by atoms with E-state index in [9.17, 15) is 0 Å². The molecule has 0 aliphatic carbocycles. The number of hydrogen-bond donors (Lipinski definition) is 2. The van der Waals surface area contributed by atoms with Gasteiger partial charge in [-0.15, -0.1) is 0 Å². The van der Waals surface area contributed by atoms with Crippen LogP contribution in [-0.2, 0) is 0 Å². The van der Waals surface area contributed by atoms with Gasteiger partial charge in [-0.2, -0.15) is 0 Å². The number of nitrogens with two attached hydrogens (primary N) is 1. The highest BCUT2D eigenvalue weighted by atomic mass is 16.3. The second-order valence-electron chi connectivity index (χ2n) is 3.83. The van der Waals surface area contributed by atoms with Gasteiger partial charge in [-0.25, -0.2) is 0 Å². The van der Waals surface area contributed by atoms with Gasteiger partial charge in [-0.1, -0.05) is 26.0 Å². The molecule has 0 heterocycles. The van der Waals surface area contributed by atoms with E-state index >= 15 is 0 Å². The summed E-state index contributed by atoms with van der Waals surface area (Å²) in [4.78, 5) is 0. The van der Waals surface area contributed by atoms with Gasteiger partial charge in [0, 0.05) is 6.04 Å². The van der Waals surface area contributed by atoms with Crippen molar-refractivity contribution in [2.75, 3.05) is 0 Å². The molecule has 0 spiro atoms. The molecule has 0 radical (unpaired) electrons. The van der Waals surface area contributed by atoms with Crippen molar-refractivity contribution >= 4 is 0 Å². The molecule has 13 heavy (non-hydrogen) atoms. The molecule has 0 bridgehead atoms. The molecule has 0 saturated carbocycles. The van der Waals surface area contributed by atoms with E-state index in [0.717, 1.165) is 12.0 Å². The Hall–Kier alpha value is -1.02. The van der Waals surface area contributed by atoms with Crippen molar-refractivity contribution in [1.29, 1.82) is 0 Å². The Labute approximate surface area is 79.4 Å². The topological polar surface area (TPSA) is 46.2 Å². The van der Waals surface area contributed by atoms with E-state index in [1.807, 2.05) is 12.1 Å². The molecular formula is C11H17NO. The highest BCUT2D eigenvalue weighted by Crippen LogP contribution is 2.20. The number of benzene rings is 1. The zero-order valence-corrected chi connectivity index (χ0v) is 8.20. The molecule has 1 atom stereocenters. The van der Waals surface area contributed by atoms with Crippen LogP contribution in [0.5, 0.6) is 5.75 Å². The van der Waals surface area contributed by atoms with Gasteiger partial charge in [0.2, 0.25) is 0 Å². The minimum absolute atomic E-state index is 0.0839. The summed E-state index contributed by atoms with van der Waals surface area (Å²) in [7, 11) is 0. The van der Waals surface area contributed by atoms with Crippen LogP contribution in [0.4, 0.5) is 0 Å². The van der Waals surface area contributed by atoms with E-state index in [0.29, 0.717) is 11.7 Å². The fourth-order valence-corrected chi connectivity index (χ4v) is 1.37. The van der Waals surface area contributed by atoms with Crippen LogP contribution < -0.4 is 5.73 Å². The smallest absolute Gasteiger partial charge is 0.115 e. The standard InChI is InChI=1S/C11H17NO/c1-8(2)7-11(12)9-3-5-10(13)6-4-9/h3-6,8,11,13H,7,12H2,1-2H3/t11-/m0/s1. The Morgan fingerprint density at radius 3 is 2.23 bits per heavy atom. The summed E-state index contributed by atoms with van der Waals surface area (Å²) < 4.78 is 0. The second kappa shape index (κ2) is 4.28. The summed E-state index contributed by atoms with van der Waals surface area (Å²) in [5.41, 5.74) is 7.05. The molecular weight excluding hydrogens is 162 g/mol. The molecule has 0 saturated heterocycles. The molecule has 0 amide bonds. The number of rotatable bonds is 3. The lowest BCUT2D eigenvalue weighted by molar-refractivity contribution is 0.473. The van der Waals surface area contributed by atoms with E-state index in [4.69, 9.17) is 10.8 Å². The average molecular weight is 179 g/mol. The summed E-state index contributed by atoms with van der Waals surface area (Å²) >= 11 is 0. The third-order valence-electron chi connectivity index (χ3n) is 2.05. The SMILES string of the molecule is CC(C)C[C@H](N)c1ccc(O)cc1. The van der Waals surface area contributed by atoms with Gasteiger partial charge in [0.15, 0.2) is 0 Å². The number of hydrogen-bond acceptors (Lipinski definition) is 2. The maximum atomic E-state index is 9.08. The maximum absolute atomic E-state index is 9.08. The molecule has 72 valence electrons. The fourth-order valence-electron chi connectivity index (χ4n) is 1.37. The van der Waals surface area contributed by atoms with Crippen molar-refractivity contribution in [2.24, 2.45) is 11.7 Å². The summed E-state index contributed by atoms with van der Waals surface area (Å²) in [5, 5.41) is 9.08. The lowest BCUT2D eigenvalue weighted by Crippen LogP contribution is -2.12. The Morgan fingerprint density at radius 2 is 1.77 bits per heavy atom. The van der Waals surface area contributed by atoms with Crippen LogP contribution in [-0.4, -0.2) is 5.11 Å². The number of phenolic OH excluding ortho intramolecular Hbond substituents is 1. The maximum Gasteiger partial charge on any atom is 0.115 e. The van der Waals surface area contributed by atoms with E-state index in [1.165, 1.54) is 0 Å². The van der Waals surface area contributed by atoms with Crippen LogP contribution in [0.2, 0.25) is 0 Å². The molecule has 1 aromatic rings. The normalized spacial score (nSPS) is 13.2. The van der Waals surface area contributed by atoms with Crippen molar-refractivity contribution in [3.05, 3.63) is 29.8 Å². The number of aromatic hydroxyl groups is 1. The zero-order chi connectivity index (χ0) is 9.84. The van der Waals surface area contributed by atoms with Crippen LogP contribution in [0.25, 0.3) is 0 Å². The van der Waals surface area contributed by atoms with Crippen LogP contribution in [0.15, 0.2) is 24.3 Å². The van der Waals surface area contributed by atoms with Crippen LogP contribution in [0.1, 0.15) is 31.9 Å². The van der Waals surface area contributed by atoms with Gasteiger partial charge >= 0.3 is 0 Å². The molecule has 3 N–H and O–H groups in total. The summed E-state index contributed by atoms with van der Waals surface area (Å²) in [6.45, 7) is 4.31. The summed E-state index contributed by atoms with van der Waals surface area (Å²) in [6, 6.07) is 7.19. The van der Waals surface area contributed by atoms with E-state index in [-0.39, 0.29) is 6.04 Å². The van der Waals surface area contributed by atoms with Gasteiger partial charge in [-0.05, 0) is 30.0 Å². The van der Waals surface area contributed by atoms with Crippen molar-refractivity contribution in [3.63, 3.8) is 0 Å². The first-order valence-corrected chi connectivity index (χ1v) is 4.64. The third kappa shape index (κ3) is 3.07. The Kier molecular flexibility index (Phi) is 3.32. The Bertz CT molecular complexity index is 253.